The van der Waals surface area contributed by atoms with Crippen LogP contribution in [0.4, 0.5) is 5.69 Å². The molecular weight excluding hydrogens is 308 g/mol. The Kier molecular flexibility index (Phi) is 5.42. The number of amides is 1. The van der Waals surface area contributed by atoms with Crippen LogP contribution in [0, 0.1) is 13.8 Å². The molecule has 3 nitrogen and oxygen atoms in total. The van der Waals surface area contributed by atoms with E-state index in [9.17, 15) is 4.79 Å². The number of nitrogens with one attached hydrogen (secondary N) is 1. The van der Waals surface area contributed by atoms with E-state index in [4.69, 9.17) is 0 Å². The molecule has 25 heavy (non-hydrogen) atoms. The van der Waals surface area contributed by atoms with Crippen LogP contribution in [0.5, 0.6) is 0 Å². The summed E-state index contributed by atoms with van der Waals surface area (Å²) in [6, 6.07) is 14.6. The third-order valence-corrected chi connectivity index (χ3v) is 5.10. The second kappa shape index (κ2) is 7.73. The van der Waals surface area contributed by atoms with Gasteiger partial charge < -0.3 is 10.2 Å². The van der Waals surface area contributed by atoms with Crippen LogP contribution in [0.3, 0.4) is 0 Å². The molecular formula is C22H28N2O. The van der Waals surface area contributed by atoms with Crippen molar-refractivity contribution < 1.29 is 4.79 Å². The van der Waals surface area contributed by atoms with Crippen LogP contribution in [0.1, 0.15) is 59.3 Å². The van der Waals surface area contributed by atoms with E-state index in [0.29, 0.717) is 0 Å². The van der Waals surface area contributed by atoms with Crippen molar-refractivity contribution in [2.75, 3.05) is 18.0 Å². The predicted octanol–water partition coefficient (Wildman–Crippen LogP) is 4.78. The third-order valence-electron chi connectivity index (χ3n) is 5.10. The fourth-order valence-electron chi connectivity index (χ4n) is 3.46. The van der Waals surface area contributed by atoms with E-state index in [0.717, 1.165) is 35.3 Å². The van der Waals surface area contributed by atoms with Gasteiger partial charge in [0, 0.05) is 24.3 Å². The summed E-state index contributed by atoms with van der Waals surface area (Å²) in [6.07, 6.45) is 3.91. The maximum Gasteiger partial charge on any atom is 0.252 e. The first-order chi connectivity index (χ1) is 12.0. The lowest BCUT2D eigenvalue weighted by Gasteiger charge is -2.29. The molecule has 1 heterocycles. The summed E-state index contributed by atoms with van der Waals surface area (Å²) in [5.41, 5.74) is 5.30. The lowest BCUT2D eigenvalue weighted by atomic mass is 10.0. The summed E-state index contributed by atoms with van der Waals surface area (Å²) in [7, 11) is 0. The van der Waals surface area contributed by atoms with E-state index in [1.165, 1.54) is 24.9 Å². The molecule has 1 N–H and O–H groups in total. The standard InChI is InChI=1S/C22H28N2O/c1-16-7-8-17(2)21(15-16)22(25)23-18(3)19-9-11-20(12-10-19)24-13-5-4-6-14-24/h7-12,15,18H,4-6,13-14H2,1-3H3,(H,23,25)/t18-/m0/s1. The number of anilines is 1. The minimum absolute atomic E-state index is 0.00573. The molecule has 2 aromatic rings. The van der Waals surface area contributed by atoms with Crippen LogP contribution >= 0.6 is 0 Å². The average molecular weight is 336 g/mol. The minimum atomic E-state index is -0.0113. The molecule has 0 radical (unpaired) electrons. The fourth-order valence-corrected chi connectivity index (χ4v) is 3.46. The van der Waals surface area contributed by atoms with Crippen molar-refractivity contribution in [1.82, 2.24) is 5.32 Å². The van der Waals surface area contributed by atoms with Crippen molar-refractivity contribution in [2.24, 2.45) is 0 Å². The zero-order chi connectivity index (χ0) is 17.8. The Hall–Kier alpha value is -2.29. The molecule has 1 atom stereocenters. The van der Waals surface area contributed by atoms with Gasteiger partial charge in [-0.15, -0.1) is 0 Å². The third kappa shape index (κ3) is 4.22. The first-order valence-electron chi connectivity index (χ1n) is 9.27. The van der Waals surface area contributed by atoms with Crippen molar-refractivity contribution >= 4 is 11.6 Å². The summed E-state index contributed by atoms with van der Waals surface area (Å²) in [4.78, 5) is 15.0. The predicted molar refractivity (Wildman–Crippen MR) is 104 cm³/mol. The molecule has 0 aromatic heterocycles. The zero-order valence-corrected chi connectivity index (χ0v) is 15.5. The molecule has 3 heteroatoms. The van der Waals surface area contributed by atoms with Crippen molar-refractivity contribution in [3.63, 3.8) is 0 Å². The van der Waals surface area contributed by atoms with Crippen molar-refractivity contribution in [3.8, 4) is 0 Å². The second-order valence-corrected chi connectivity index (χ2v) is 7.15. The molecule has 132 valence electrons. The van der Waals surface area contributed by atoms with Gasteiger partial charge in [-0.25, -0.2) is 0 Å². The number of hydrogen-bond acceptors (Lipinski definition) is 2. The van der Waals surface area contributed by atoms with Gasteiger partial charge in [0.15, 0.2) is 0 Å². The van der Waals surface area contributed by atoms with Gasteiger partial charge in [0.05, 0.1) is 6.04 Å². The highest BCUT2D eigenvalue weighted by Gasteiger charge is 2.15. The van der Waals surface area contributed by atoms with Gasteiger partial charge in [-0.2, -0.15) is 0 Å². The summed E-state index contributed by atoms with van der Waals surface area (Å²) < 4.78 is 0. The van der Waals surface area contributed by atoms with Crippen LogP contribution in [0.15, 0.2) is 42.5 Å². The molecule has 1 aliphatic rings. The van der Waals surface area contributed by atoms with E-state index in [1.807, 2.05) is 39.0 Å². The average Bonchev–Trinajstić information content (AvgIpc) is 2.64. The van der Waals surface area contributed by atoms with Crippen LogP contribution in [-0.4, -0.2) is 19.0 Å². The fraction of sp³-hybridized carbons (Fsp3) is 0.409. The summed E-state index contributed by atoms with van der Waals surface area (Å²) >= 11 is 0. The molecule has 0 unspecified atom stereocenters. The van der Waals surface area contributed by atoms with Gasteiger partial charge in [0.1, 0.15) is 0 Å². The van der Waals surface area contributed by atoms with Crippen LogP contribution in [-0.2, 0) is 0 Å². The SMILES string of the molecule is Cc1ccc(C)c(C(=O)N[C@@H](C)c2ccc(N3CCCCC3)cc2)c1. The Morgan fingerprint density at radius 3 is 2.36 bits per heavy atom. The van der Waals surface area contributed by atoms with Gasteiger partial charge in [-0.05, 0) is 69.4 Å². The first-order valence-corrected chi connectivity index (χ1v) is 9.27. The Bertz CT molecular complexity index is 730. The van der Waals surface area contributed by atoms with E-state index in [1.54, 1.807) is 0 Å². The molecule has 3 rings (SSSR count). The molecule has 1 aliphatic heterocycles. The normalized spacial score (nSPS) is 15.7. The Morgan fingerprint density at radius 1 is 1.00 bits per heavy atom. The molecule has 0 saturated carbocycles. The topological polar surface area (TPSA) is 32.3 Å². The number of nitrogens with zero attached hydrogens (tertiary/aromatic N) is 1. The van der Waals surface area contributed by atoms with Crippen LogP contribution in [0.25, 0.3) is 0 Å². The molecule has 0 spiro atoms. The van der Waals surface area contributed by atoms with Gasteiger partial charge in [-0.1, -0.05) is 29.8 Å². The summed E-state index contributed by atoms with van der Waals surface area (Å²) in [5.74, 6) is -0.00573. The zero-order valence-electron chi connectivity index (χ0n) is 15.5. The van der Waals surface area contributed by atoms with E-state index < -0.39 is 0 Å². The van der Waals surface area contributed by atoms with Gasteiger partial charge >= 0.3 is 0 Å². The Balaban J connectivity index is 1.67. The van der Waals surface area contributed by atoms with Crippen LogP contribution < -0.4 is 10.2 Å². The molecule has 0 bridgehead atoms. The monoisotopic (exact) mass is 336 g/mol. The molecule has 2 aromatic carbocycles. The summed E-state index contributed by atoms with van der Waals surface area (Å²) in [6.45, 7) is 8.33. The Labute approximate surface area is 151 Å². The quantitative estimate of drug-likeness (QED) is 0.871. The molecule has 0 aliphatic carbocycles. The van der Waals surface area contributed by atoms with Crippen molar-refractivity contribution in [3.05, 3.63) is 64.7 Å². The van der Waals surface area contributed by atoms with Gasteiger partial charge in [-0.3, -0.25) is 4.79 Å². The van der Waals surface area contributed by atoms with E-state index in [2.05, 4.69) is 34.5 Å². The maximum absolute atomic E-state index is 12.6. The van der Waals surface area contributed by atoms with Crippen LogP contribution in [0.2, 0.25) is 0 Å². The van der Waals surface area contributed by atoms with Crippen molar-refractivity contribution in [2.45, 2.75) is 46.1 Å². The number of carbonyl (C=O) groups is 1. The number of benzene rings is 2. The second-order valence-electron chi connectivity index (χ2n) is 7.15. The summed E-state index contributed by atoms with van der Waals surface area (Å²) in [5, 5.41) is 3.13. The highest BCUT2D eigenvalue weighted by molar-refractivity contribution is 5.96. The van der Waals surface area contributed by atoms with Crippen molar-refractivity contribution in [1.29, 1.82) is 0 Å². The highest BCUT2D eigenvalue weighted by Crippen LogP contribution is 2.23. The van der Waals surface area contributed by atoms with E-state index in [-0.39, 0.29) is 11.9 Å². The largest absolute Gasteiger partial charge is 0.372 e. The number of piperidine rings is 1. The minimum Gasteiger partial charge on any atom is -0.372 e. The molecule has 1 amide bonds. The number of aryl methyl sites for hydroxylation is 2. The van der Waals surface area contributed by atoms with E-state index >= 15 is 0 Å². The molecule has 1 saturated heterocycles. The number of rotatable bonds is 4. The highest BCUT2D eigenvalue weighted by atomic mass is 16.1. The lowest BCUT2D eigenvalue weighted by Crippen LogP contribution is -2.29. The smallest absolute Gasteiger partial charge is 0.252 e. The Morgan fingerprint density at radius 2 is 1.68 bits per heavy atom. The number of hydrogen-bond donors (Lipinski definition) is 1. The molecule has 1 fully saturated rings. The number of carbonyl (C=O) groups excluding carboxylic acids is 1. The van der Waals surface area contributed by atoms with Gasteiger partial charge in [0.2, 0.25) is 0 Å². The lowest BCUT2D eigenvalue weighted by molar-refractivity contribution is 0.0939. The first kappa shape index (κ1) is 17.5. The maximum atomic E-state index is 12.6. The van der Waals surface area contributed by atoms with Gasteiger partial charge in [0.25, 0.3) is 5.91 Å².